The zero-order valence-electron chi connectivity index (χ0n) is 15.1. The highest BCUT2D eigenvalue weighted by Crippen LogP contribution is 2.30. The summed E-state index contributed by atoms with van der Waals surface area (Å²) < 4.78 is 8.28. The van der Waals surface area contributed by atoms with Crippen molar-refractivity contribution in [1.82, 2.24) is 29.8 Å². The number of nitrogens with zero attached hydrogens (tertiary/aromatic N) is 5. The number of hydrogen-bond acceptors (Lipinski definition) is 5. The number of ether oxygens (including phenoxy) is 1. The number of carbonyl (C=O) groups is 2. The first kappa shape index (κ1) is 18.1. The van der Waals surface area contributed by atoms with Gasteiger partial charge in [0.25, 0.3) is 5.91 Å². The Morgan fingerprint density at radius 1 is 1.27 bits per heavy atom. The lowest BCUT2D eigenvalue weighted by molar-refractivity contribution is -0.133. The summed E-state index contributed by atoms with van der Waals surface area (Å²) in [5.41, 5.74) is -0.248. The number of likely N-dealkylation sites (tertiary alicyclic amines) is 1. The third-order valence-electron chi connectivity index (χ3n) is 4.88. The normalized spacial score (nSPS) is 16.5. The topological polar surface area (TPSA) is 94.3 Å². The van der Waals surface area contributed by atoms with Gasteiger partial charge < -0.3 is 15.0 Å². The molecule has 0 aromatic carbocycles. The molecule has 3 rings (SSSR count). The van der Waals surface area contributed by atoms with E-state index in [0.717, 1.165) is 0 Å². The Kier molecular flexibility index (Phi) is 5.36. The number of methoxy groups -OCH3 is 1. The van der Waals surface area contributed by atoms with Gasteiger partial charge in [-0.2, -0.15) is 10.2 Å². The third-order valence-corrected chi connectivity index (χ3v) is 4.88. The number of piperidine rings is 1. The number of hydrogen-bond donors (Lipinski definition) is 1. The second kappa shape index (κ2) is 7.69. The summed E-state index contributed by atoms with van der Waals surface area (Å²) in [5.74, 6) is -0.162. The van der Waals surface area contributed by atoms with Crippen molar-refractivity contribution in [3.8, 4) is 0 Å². The molecule has 9 nitrogen and oxygen atoms in total. The van der Waals surface area contributed by atoms with Gasteiger partial charge in [-0.1, -0.05) is 0 Å². The van der Waals surface area contributed by atoms with Crippen LogP contribution in [0.25, 0.3) is 0 Å². The van der Waals surface area contributed by atoms with Crippen LogP contribution in [-0.2, 0) is 22.1 Å². The Morgan fingerprint density at radius 3 is 2.62 bits per heavy atom. The summed E-state index contributed by atoms with van der Waals surface area (Å²) >= 11 is 0. The van der Waals surface area contributed by atoms with Crippen molar-refractivity contribution in [2.45, 2.75) is 18.4 Å². The van der Waals surface area contributed by atoms with Gasteiger partial charge in [-0.15, -0.1) is 0 Å². The van der Waals surface area contributed by atoms with Crippen LogP contribution in [0.15, 0.2) is 30.7 Å². The molecule has 0 unspecified atom stereocenters. The second-order valence-corrected chi connectivity index (χ2v) is 6.36. The molecule has 0 spiro atoms. The van der Waals surface area contributed by atoms with Crippen LogP contribution in [0.2, 0.25) is 0 Å². The Hall–Kier alpha value is -2.68. The van der Waals surface area contributed by atoms with Crippen molar-refractivity contribution in [2.24, 2.45) is 7.05 Å². The molecule has 0 bridgehead atoms. The maximum Gasteiger partial charge on any atom is 0.272 e. The Balaban J connectivity index is 1.74. The number of nitrogens with one attached hydrogen (secondary N) is 1. The lowest BCUT2D eigenvalue weighted by atomic mass is 9.86. The predicted molar refractivity (Wildman–Crippen MR) is 93.4 cm³/mol. The number of amides is 2. The zero-order chi connectivity index (χ0) is 18.6. The summed E-state index contributed by atoms with van der Waals surface area (Å²) in [5, 5.41) is 11.3. The average molecular weight is 360 g/mol. The Bertz CT molecular complexity index is 746. The monoisotopic (exact) mass is 360 g/mol. The first-order chi connectivity index (χ1) is 12.6. The Morgan fingerprint density at radius 2 is 2.04 bits per heavy atom. The van der Waals surface area contributed by atoms with Gasteiger partial charge in [-0.3, -0.25) is 19.0 Å². The molecule has 0 atom stereocenters. The standard InChI is InChI=1S/C17H24N6O3/c1-21-14(4-8-19-21)15(24)22-11-5-17(6-12-22,23-10-3-7-20-23)16(25)18-9-13-26-2/h3-4,7-8,10H,5-6,9,11-13H2,1-2H3,(H,18,25). The van der Waals surface area contributed by atoms with Gasteiger partial charge in [0.05, 0.1) is 6.61 Å². The van der Waals surface area contributed by atoms with E-state index in [-0.39, 0.29) is 11.8 Å². The van der Waals surface area contributed by atoms with Crippen LogP contribution in [0.5, 0.6) is 0 Å². The average Bonchev–Trinajstić information content (AvgIpc) is 3.33. The SMILES string of the molecule is COCCNC(=O)C1(n2cccn2)CCN(C(=O)c2ccnn2C)CC1. The molecule has 26 heavy (non-hydrogen) atoms. The van der Waals surface area contributed by atoms with Crippen molar-refractivity contribution < 1.29 is 14.3 Å². The van der Waals surface area contributed by atoms with Gasteiger partial charge in [0.15, 0.2) is 0 Å². The van der Waals surface area contributed by atoms with Crippen LogP contribution in [-0.4, -0.2) is 69.6 Å². The van der Waals surface area contributed by atoms with Crippen LogP contribution in [0.3, 0.4) is 0 Å². The first-order valence-corrected chi connectivity index (χ1v) is 8.63. The van der Waals surface area contributed by atoms with Crippen molar-refractivity contribution in [2.75, 3.05) is 33.4 Å². The van der Waals surface area contributed by atoms with Crippen molar-refractivity contribution >= 4 is 11.8 Å². The van der Waals surface area contributed by atoms with Crippen LogP contribution >= 0.6 is 0 Å². The molecule has 0 saturated carbocycles. The highest BCUT2D eigenvalue weighted by Gasteiger charge is 2.44. The number of carbonyl (C=O) groups excluding carboxylic acids is 2. The molecular weight excluding hydrogens is 336 g/mol. The van der Waals surface area contributed by atoms with Gasteiger partial charge in [-0.05, 0) is 25.0 Å². The maximum atomic E-state index is 12.9. The fourth-order valence-electron chi connectivity index (χ4n) is 3.34. The van der Waals surface area contributed by atoms with Crippen LogP contribution in [0.1, 0.15) is 23.3 Å². The summed E-state index contributed by atoms with van der Waals surface area (Å²) in [6, 6.07) is 3.51. The van der Waals surface area contributed by atoms with Crippen molar-refractivity contribution in [1.29, 1.82) is 0 Å². The van der Waals surface area contributed by atoms with Crippen molar-refractivity contribution in [3.63, 3.8) is 0 Å². The smallest absolute Gasteiger partial charge is 0.272 e. The highest BCUT2D eigenvalue weighted by atomic mass is 16.5. The third kappa shape index (κ3) is 3.34. The summed E-state index contributed by atoms with van der Waals surface area (Å²) in [4.78, 5) is 27.4. The van der Waals surface area contributed by atoms with Crippen LogP contribution < -0.4 is 5.32 Å². The highest BCUT2D eigenvalue weighted by molar-refractivity contribution is 5.93. The Labute approximate surface area is 151 Å². The summed E-state index contributed by atoms with van der Waals surface area (Å²) in [6.07, 6.45) is 6.06. The minimum Gasteiger partial charge on any atom is -0.383 e. The number of aromatic nitrogens is 4. The quantitative estimate of drug-likeness (QED) is 0.733. The lowest BCUT2D eigenvalue weighted by Crippen LogP contribution is -2.56. The van der Waals surface area contributed by atoms with E-state index < -0.39 is 5.54 Å². The van der Waals surface area contributed by atoms with E-state index in [4.69, 9.17) is 4.74 Å². The van der Waals surface area contributed by atoms with E-state index in [1.807, 2.05) is 0 Å². The molecule has 140 valence electrons. The summed E-state index contributed by atoms with van der Waals surface area (Å²) in [7, 11) is 3.34. The molecule has 0 radical (unpaired) electrons. The van der Waals surface area contributed by atoms with Gasteiger partial charge in [0.1, 0.15) is 11.2 Å². The maximum absolute atomic E-state index is 12.9. The number of aryl methyl sites for hydroxylation is 1. The van der Waals surface area contributed by atoms with Crippen LogP contribution in [0, 0.1) is 0 Å². The lowest BCUT2D eigenvalue weighted by Gasteiger charge is -2.40. The van der Waals surface area contributed by atoms with E-state index in [1.54, 1.807) is 59.1 Å². The number of rotatable bonds is 6. The molecule has 1 N–H and O–H groups in total. The molecule has 3 heterocycles. The van der Waals surface area contributed by atoms with Gasteiger partial charge in [-0.25, -0.2) is 0 Å². The predicted octanol–water partition coefficient (Wildman–Crippen LogP) is 0.0107. The molecule has 1 aliphatic rings. The van der Waals surface area contributed by atoms with Gasteiger partial charge in [0, 0.05) is 52.4 Å². The van der Waals surface area contributed by atoms with Gasteiger partial charge >= 0.3 is 0 Å². The zero-order valence-corrected chi connectivity index (χ0v) is 15.1. The molecule has 1 fully saturated rings. The molecule has 2 aromatic rings. The molecule has 1 saturated heterocycles. The van der Waals surface area contributed by atoms with E-state index in [2.05, 4.69) is 15.5 Å². The van der Waals surface area contributed by atoms with E-state index in [9.17, 15) is 9.59 Å². The molecule has 0 aliphatic carbocycles. The van der Waals surface area contributed by atoms with Crippen LogP contribution in [0.4, 0.5) is 0 Å². The summed E-state index contributed by atoms with van der Waals surface area (Å²) in [6.45, 7) is 1.84. The fourth-order valence-corrected chi connectivity index (χ4v) is 3.34. The molecule has 2 aromatic heterocycles. The molecular formula is C17H24N6O3. The molecule has 1 aliphatic heterocycles. The molecule has 9 heteroatoms. The van der Waals surface area contributed by atoms with E-state index in [0.29, 0.717) is 44.8 Å². The minimum absolute atomic E-state index is 0.0705. The molecule has 2 amide bonds. The van der Waals surface area contributed by atoms with Crippen molar-refractivity contribution in [3.05, 3.63) is 36.4 Å². The second-order valence-electron chi connectivity index (χ2n) is 6.36. The van der Waals surface area contributed by atoms with E-state index in [1.165, 1.54) is 0 Å². The minimum atomic E-state index is -0.791. The first-order valence-electron chi connectivity index (χ1n) is 8.63. The fraction of sp³-hybridized carbons (Fsp3) is 0.529. The largest absolute Gasteiger partial charge is 0.383 e. The van der Waals surface area contributed by atoms with E-state index >= 15 is 0 Å². The van der Waals surface area contributed by atoms with Gasteiger partial charge in [0.2, 0.25) is 5.91 Å².